The molecule has 0 saturated carbocycles. The van der Waals surface area contributed by atoms with Gasteiger partial charge in [0.1, 0.15) is 5.82 Å². The van der Waals surface area contributed by atoms with E-state index in [2.05, 4.69) is 45.8 Å². The summed E-state index contributed by atoms with van der Waals surface area (Å²) in [6.07, 6.45) is 2.49. The van der Waals surface area contributed by atoms with Crippen molar-refractivity contribution in [3.63, 3.8) is 0 Å². The van der Waals surface area contributed by atoms with Crippen molar-refractivity contribution in [2.75, 3.05) is 20.1 Å². The van der Waals surface area contributed by atoms with Crippen LogP contribution in [-0.2, 0) is 0 Å². The van der Waals surface area contributed by atoms with Gasteiger partial charge in [-0.15, -0.1) is 0 Å². The molecule has 2 heterocycles. The second-order valence-electron chi connectivity index (χ2n) is 5.53. The zero-order chi connectivity index (χ0) is 13.2. The molecule has 0 radical (unpaired) electrons. The fourth-order valence-corrected chi connectivity index (χ4v) is 3.04. The Hall–Kier alpha value is -1.39. The Morgan fingerprint density at radius 1 is 1.47 bits per heavy atom. The highest BCUT2D eigenvalue weighted by atomic mass is 14.9. The van der Waals surface area contributed by atoms with Crippen LogP contribution >= 0.6 is 0 Å². The molecule has 19 heavy (non-hydrogen) atoms. The monoisotopic (exact) mass is 258 g/mol. The van der Waals surface area contributed by atoms with E-state index >= 15 is 0 Å². The van der Waals surface area contributed by atoms with Gasteiger partial charge in [0.2, 0.25) is 0 Å². The Bertz CT molecular complexity index is 554. The predicted octanol–water partition coefficient (Wildman–Crippen LogP) is 2.13. The van der Waals surface area contributed by atoms with Crippen molar-refractivity contribution in [1.82, 2.24) is 20.6 Å². The van der Waals surface area contributed by atoms with Crippen molar-refractivity contribution in [3.8, 4) is 0 Å². The van der Waals surface area contributed by atoms with Crippen LogP contribution in [0.25, 0.3) is 11.0 Å². The molecular formula is C15H22N4. The molecule has 1 aliphatic rings. The minimum atomic E-state index is 0.429. The number of hydrogen-bond acceptors (Lipinski definition) is 3. The molecule has 4 heteroatoms. The van der Waals surface area contributed by atoms with E-state index in [9.17, 15) is 0 Å². The van der Waals surface area contributed by atoms with Crippen molar-refractivity contribution in [3.05, 3.63) is 29.6 Å². The van der Waals surface area contributed by atoms with Crippen LogP contribution in [0.3, 0.4) is 0 Å². The van der Waals surface area contributed by atoms with E-state index in [1.807, 2.05) is 6.92 Å². The minimum absolute atomic E-state index is 0.429. The van der Waals surface area contributed by atoms with E-state index in [4.69, 9.17) is 0 Å². The lowest BCUT2D eigenvalue weighted by Gasteiger charge is -2.20. The number of aromatic amines is 1. The van der Waals surface area contributed by atoms with Crippen molar-refractivity contribution >= 4 is 11.0 Å². The smallest absolute Gasteiger partial charge is 0.104 e. The highest BCUT2D eigenvalue weighted by Crippen LogP contribution is 2.26. The molecule has 0 spiro atoms. The molecule has 1 aromatic heterocycles. The number of aryl methyl sites for hydroxylation is 1. The predicted molar refractivity (Wildman–Crippen MR) is 78.2 cm³/mol. The first-order valence-corrected chi connectivity index (χ1v) is 7.10. The van der Waals surface area contributed by atoms with Crippen LogP contribution in [0.5, 0.6) is 0 Å². The first kappa shape index (κ1) is 12.6. The Morgan fingerprint density at radius 2 is 2.37 bits per heavy atom. The summed E-state index contributed by atoms with van der Waals surface area (Å²) in [7, 11) is 2.05. The van der Waals surface area contributed by atoms with Crippen LogP contribution in [0.2, 0.25) is 0 Å². The van der Waals surface area contributed by atoms with Crippen LogP contribution < -0.4 is 10.6 Å². The molecule has 4 nitrogen and oxygen atoms in total. The summed E-state index contributed by atoms with van der Waals surface area (Å²) in [5.74, 6) is 1.77. The third-order valence-corrected chi connectivity index (χ3v) is 4.11. The molecule has 0 aliphatic carbocycles. The minimum Gasteiger partial charge on any atom is -0.342 e. The maximum absolute atomic E-state index is 4.46. The maximum Gasteiger partial charge on any atom is 0.104 e. The molecule has 0 bridgehead atoms. The molecule has 2 unspecified atom stereocenters. The zero-order valence-corrected chi connectivity index (χ0v) is 11.7. The number of nitrogens with one attached hydrogen (secondary N) is 3. The molecule has 0 amide bonds. The van der Waals surface area contributed by atoms with Crippen molar-refractivity contribution < 1.29 is 0 Å². The van der Waals surface area contributed by atoms with E-state index in [0.717, 1.165) is 29.3 Å². The number of nitrogens with zero attached hydrogens (tertiary/aromatic N) is 1. The Kier molecular flexibility index (Phi) is 3.53. The van der Waals surface area contributed by atoms with E-state index < -0.39 is 0 Å². The van der Waals surface area contributed by atoms with Gasteiger partial charge in [0.05, 0.1) is 11.0 Å². The van der Waals surface area contributed by atoms with Gasteiger partial charge in [0.25, 0.3) is 0 Å². The first-order chi connectivity index (χ1) is 9.26. The number of H-pyrrole nitrogens is 1. The highest BCUT2D eigenvalue weighted by molar-refractivity contribution is 5.75. The normalized spacial score (nSPS) is 21.1. The number of imidazole rings is 1. The third-order valence-electron chi connectivity index (χ3n) is 4.11. The first-order valence-electron chi connectivity index (χ1n) is 7.10. The average molecular weight is 258 g/mol. The summed E-state index contributed by atoms with van der Waals surface area (Å²) in [4.78, 5) is 7.78. The summed E-state index contributed by atoms with van der Waals surface area (Å²) < 4.78 is 0. The number of rotatable bonds is 4. The molecule has 2 aromatic rings. The standard InChI is InChI=1S/C15H22N4/c1-10-18-13-4-3-12(8-15(13)19-10)14(16-2)7-11-5-6-17-9-11/h3-4,8,11,14,16-17H,5-7,9H2,1-2H3,(H,18,19). The van der Waals surface area contributed by atoms with Crippen molar-refractivity contribution in [2.45, 2.75) is 25.8 Å². The number of fused-ring (bicyclic) bond motifs is 1. The number of aromatic nitrogens is 2. The summed E-state index contributed by atoms with van der Waals surface area (Å²) in [5.41, 5.74) is 3.55. The van der Waals surface area contributed by atoms with Gasteiger partial charge >= 0.3 is 0 Å². The topological polar surface area (TPSA) is 52.7 Å². The molecule has 1 aromatic carbocycles. The quantitative estimate of drug-likeness (QED) is 0.787. The van der Waals surface area contributed by atoms with Gasteiger partial charge in [-0.1, -0.05) is 6.07 Å². The molecule has 1 aliphatic heterocycles. The van der Waals surface area contributed by atoms with Crippen LogP contribution in [0.4, 0.5) is 0 Å². The second-order valence-corrected chi connectivity index (χ2v) is 5.53. The molecule has 1 fully saturated rings. The van der Waals surface area contributed by atoms with Gasteiger partial charge in [0.15, 0.2) is 0 Å². The Labute approximate surface area is 114 Å². The highest BCUT2D eigenvalue weighted by Gasteiger charge is 2.20. The van der Waals surface area contributed by atoms with Gasteiger partial charge in [-0.3, -0.25) is 0 Å². The van der Waals surface area contributed by atoms with Gasteiger partial charge in [0, 0.05) is 6.04 Å². The van der Waals surface area contributed by atoms with Crippen molar-refractivity contribution in [1.29, 1.82) is 0 Å². The largest absolute Gasteiger partial charge is 0.342 e. The third kappa shape index (κ3) is 2.65. The molecule has 3 rings (SSSR count). The lowest BCUT2D eigenvalue weighted by Crippen LogP contribution is -2.21. The lowest BCUT2D eigenvalue weighted by molar-refractivity contribution is 0.430. The Balaban J connectivity index is 1.83. The number of hydrogen-bond donors (Lipinski definition) is 3. The van der Waals surface area contributed by atoms with Crippen LogP contribution in [0, 0.1) is 12.8 Å². The summed E-state index contributed by atoms with van der Waals surface area (Å²) in [6, 6.07) is 6.98. The fraction of sp³-hybridized carbons (Fsp3) is 0.533. The molecule has 3 N–H and O–H groups in total. The van der Waals surface area contributed by atoms with Gasteiger partial charge < -0.3 is 15.6 Å². The molecular weight excluding hydrogens is 236 g/mol. The van der Waals surface area contributed by atoms with E-state index in [-0.39, 0.29) is 0 Å². The van der Waals surface area contributed by atoms with Gasteiger partial charge in [-0.05, 0) is 63.5 Å². The maximum atomic E-state index is 4.46. The lowest BCUT2D eigenvalue weighted by atomic mass is 9.94. The van der Waals surface area contributed by atoms with Crippen LogP contribution in [0.1, 0.15) is 30.3 Å². The van der Waals surface area contributed by atoms with Gasteiger partial charge in [-0.2, -0.15) is 0 Å². The van der Waals surface area contributed by atoms with Crippen molar-refractivity contribution in [2.24, 2.45) is 5.92 Å². The summed E-state index contributed by atoms with van der Waals surface area (Å²) >= 11 is 0. The van der Waals surface area contributed by atoms with Crippen LogP contribution in [-0.4, -0.2) is 30.1 Å². The SMILES string of the molecule is CNC(CC1CCNC1)c1ccc2nc(C)[nH]c2c1. The average Bonchev–Trinajstić information content (AvgIpc) is 3.02. The molecule has 2 atom stereocenters. The summed E-state index contributed by atoms with van der Waals surface area (Å²) in [6.45, 7) is 4.32. The number of benzene rings is 1. The zero-order valence-electron chi connectivity index (χ0n) is 11.7. The van der Waals surface area contributed by atoms with Gasteiger partial charge in [-0.25, -0.2) is 4.98 Å². The fourth-order valence-electron chi connectivity index (χ4n) is 3.04. The van der Waals surface area contributed by atoms with E-state index in [0.29, 0.717) is 6.04 Å². The van der Waals surface area contributed by atoms with E-state index in [1.54, 1.807) is 0 Å². The summed E-state index contributed by atoms with van der Waals surface area (Å²) in [5, 5.41) is 6.90. The van der Waals surface area contributed by atoms with Crippen LogP contribution in [0.15, 0.2) is 18.2 Å². The Morgan fingerprint density at radius 3 is 3.11 bits per heavy atom. The second kappa shape index (κ2) is 5.31. The molecule has 102 valence electrons. The van der Waals surface area contributed by atoms with E-state index in [1.165, 1.54) is 24.9 Å². The molecule has 1 saturated heterocycles.